The molecule has 0 unspecified atom stereocenters. The number of H-pyrrole nitrogens is 1. The van der Waals surface area contributed by atoms with E-state index in [0.717, 1.165) is 25.0 Å². The van der Waals surface area contributed by atoms with Crippen molar-refractivity contribution in [3.05, 3.63) is 105 Å². The van der Waals surface area contributed by atoms with Gasteiger partial charge in [-0.1, -0.05) is 41.9 Å². The Morgan fingerprint density at radius 1 is 1.03 bits per heavy atom. The van der Waals surface area contributed by atoms with E-state index >= 15 is 4.39 Å². The van der Waals surface area contributed by atoms with Gasteiger partial charge in [-0.3, -0.25) is 4.79 Å². The molecule has 0 spiro atoms. The van der Waals surface area contributed by atoms with Crippen LogP contribution in [0, 0.1) is 11.6 Å². The Morgan fingerprint density at radius 3 is 2.51 bits per heavy atom. The lowest BCUT2D eigenvalue weighted by Crippen LogP contribution is -2.33. The Kier molecular flexibility index (Phi) is 6.70. The van der Waals surface area contributed by atoms with Crippen LogP contribution in [0.15, 0.2) is 60.8 Å². The van der Waals surface area contributed by atoms with Crippen LogP contribution >= 0.6 is 11.6 Å². The molecule has 1 saturated carbocycles. The van der Waals surface area contributed by atoms with Crippen molar-refractivity contribution in [1.29, 1.82) is 0 Å². The van der Waals surface area contributed by atoms with Crippen LogP contribution in [0.5, 0.6) is 0 Å². The van der Waals surface area contributed by atoms with Crippen LogP contribution in [0.2, 0.25) is 5.02 Å². The van der Waals surface area contributed by atoms with Gasteiger partial charge in [-0.15, -0.1) is 0 Å². The van der Waals surface area contributed by atoms with Crippen LogP contribution in [0.1, 0.15) is 51.4 Å². The molecule has 3 aromatic carbocycles. The third-order valence-electron chi connectivity index (χ3n) is 6.62. The first kappa shape index (κ1) is 25.3. The van der Waals surface area contributed by atoms with Gasteiger partial charge in [0.05, 0.1) is 16.1 Å². The lowest BCUT2D eigenvalue weighted by molar-refractivity contribution is -0.137. The number of hydrogen-bond donors (Lipinski definition) is 1. The van der Waals surface area contributed by atoms with Gasteiger partial charge in [-0.25, -0.2) is 8.78 Å². The zero-order valence-corrected chi connectivity index (χ0v) is 20.3. The summed E-state index contributed by atoms with van der Waals surface area (Å²) >= 11 is 6.05. The number of carbonyl (C=O) groups excluding carboxylic acids is 1. The highest BCUT2D eigenvalue weighted by molar-refractivity contribution is 6.32. The summed E-state index contributed by atoms with van der Waals surface area (Å²) in [5, 5.41) is 0.306. The Bertz CT molecular complexity index is 1480. The number of nitrogens with zero attached hydrogens (tertiary/aromatic N) is 1. The molecule has 9 heteroatoms. The minimum absolute atomic E-state index is 0.0275. The average Bonchev–Trinajstić information content (AvgIpc) is 3.59. The largest absolute Gasteiger partial charge is 0.416 e. The zero-order chi connectivity index (χ0) is 26.3. The molecule has 3 nitrogen and oxygen atoms in total. The third kappa shape index (κ3) is 5.34. The van der Waals surface area contributed by atoms with Crippen molar-refractivity contribution in [2.24, 2.45) is 0 Å². The maximum Gasteiger partial charge on any atom is 0.416 e. The summed E-state index contributed by atoms with van der Waals surface area (Å²) in [5.41, 5.74) is 0.663. The van der Waals surface area contributed by atoms with Gasteiger partial charge in [0.25, 0.3) is 5.91 Å². The van der Waals surface area contributed by atoms with E-state index in [1.807, 2.05) is 0 Å². The van der Waals surface area contributed by atoms with E-state index in [1.165, 1.54) is 29.2 Å². The second-order valence-corrected chi connectivity index (χ2v) is 9.70. The van der Waals surface area contributed by atoms with Crippen molar-refractivity contribution in [2.75, 3.05) is 6.54 Å². The van der Waals surface area contributed by atoms with Crippen molar-refractivity contribution >= 4 is 28.4 Å². The molecule has 4 aromatic rings. The van der Waals surface area contributed by atoms with Gasteiger partial charge in [-0.05, 0) is 66.1 Å². The van der Waals surface area contributed by atoms with Gasteiger partial charge in [0.15, 0.2) is 5.82 Å². The van der Waals surface area contributed by atoms with Crippen LogP contribution < -0.4 is 0 Å². The zero-order valence-electron chi connectivity index (χ0n) is 19.5. The maximum atomic E-state index is 15.1. The van der Waals surface area contributed by atoms with E-state index in [2.05, 4.69) is 4.98 Å². The van der Waals surface area contributed by atoms with Gasteiger partial charge in [0, 0.05) is 24.7 Å². The van der Waals surface area contributed by atoms with Crippen molar-refractivity contribution in [3.8, 4) is 0 Å². The molecule has 5 rings (SSSR count). The average molecular weight is 533 g/mol. The first-order chi connectivity index (χ1) is 17.6. The minimum Gasteiger partial charge on any atom is -0.360 e. The summed E-state index contributed by atoms with van der Waals surface area (Å²) in [6, 6.07) is 12.7. The number of benzene rings is 3. The molecule has 0 aliphatic heterocycles. The van der Waals surface area contributed by atoms with Crippen molar-refractivity contribution < 1.29 is 26.7 Å². The molecular formula is C28H22ClF5N2O. The fourth-order valence-electron chi connectivity index (χ4n) is 4.54. The fraction of sp³-hybridized carbons (Fsp3) is 0.250. The van der Waals surface area contributed by atoms with Gasteiger partial charge in [0.2, 0.25) is 0 Å². The van der Waals surface area contributed by atoms with E-state index in [9.17, 15) is 22.4 Å². The third-order valence-corrected chi connectivity index (χ3v) is 6.90. The predicted octanol–water partition coefficient (Wildman–Crippen LogP) is 7.88. The van der Waals surface area contributed by atoms with E-state index in [-0.39, 0.29) is 47.3 Å². The number of alkyl halides is 3. The van der Waals surface area contributed by atoms with Gasteiger partial charge >= 0.3 is 6.18 Å². The second kappa shape index (κ2) is 9.82. The van der Waals surface area contributed by atoms with Crippen molar-refractivity contribution in [2.45, 2.75) is 37.9 Å². The van der Waals surface area contributed by atoms with E-state index in [4.69, 9.17) is 11.6 Å². The van der Waals surface area contributed by atoms with Crippen LogP contribution in [0.3, 0.4) is 0 Å². The molecular weight excluding hydrogens is 511 g/mol. The van der Waals surface area contributed by atoms with Crippen LogP contribution in [-0.4, -0.2) is 22.3 Å². The van der Waals surface area contributed by atoms with Crippen LogP contribution in [0.4, 0.5) is 22.0 Å². The van der Waals surface area contributed by atoms with E-state index in [1.54, 1.807) is 24.4 Å². The molecule has 0 bridgehead atoms. The summed E-state index contributed by atoms with van der Waals surface area (Å²) < 4.78 is 69.4. The molecule has 37 heavy (non-hydrogen) atoms. The number of halogens is 6. The highest BCUT2D eigenvalue weighted by Gasteiger charge is 2.31. The first-order valence-electron chi connectivity index (χ1n) is 11.8. The molecule has 0 atom stereocenters. The van der Waals surface area contributed by atoms with Gasteiger partial charge in [0.1, 0.15) is 11.4 Å². The molecule has 1 aromatic heterocycles. The molecule has 1 aliphatic rings. The summed E-state index contributed by atoms with van der Waals surface area (Å²) in [5.74, 6) is -1.77. The quantitative estimate of drug-likeness (QED) is 0.241. The van der Waals surface area contributed by atoms with Gasteiger partial charge < -0.3 is 9.88 Å². The molecule has 1 N–H and O–H groups in total. The van der Waals surface area contributed by atoms with E-state index in [0.29, 0.717) is 22.1 Å². The lowest BCUT2D eigenvalue weighted by Gasteiger charge is -2.24. The molecule has 0 radical (unpaired) electrons. The van der Waals surface area contributed by atoms with Crippen LogP contribution in [-0.2, 0) is 19.1 Å². The molecule has 1 fully saturated rings. The predicted molar refractivity (Wildman–Crippen MR) is 132 cm³/mol. The van der Waals surface area contributed by atoms with Gasteiger partial charge in [-0.2, -0.15) is 13.2 Å². The van der Waals surface area contributed by atoms with Crippen molar-refractivity contribution in [3.63, 3.8) is 0 Å². The molecule has 0 saturated heterocycles. The smallest absolute Gasteiger partial charge is 0.360 e. The summed E-state index contributed by atoms with van der Waals surface area (Å²) in [6.45, 7) is -0.0892. The van der Waals surface area contributed by atoms with Crippen molar-refractivity contribution in [1.82, 2.24) is 9.88 Å². The van der Waals surface area contributed by atoms with Crippen LogP contribution in [0.25, 0.3) is 10.9 Å². The molecule has 192 valence electrons. The maximum absolute atomic E-state index is 15.1. The van der Waals surface area contributed by atoms with E-state index < -0.39 is 23.5 Å². The molecule has 1 heterocycles. The Balaban J connectivity index is 1.48. The molecule has 1 aliphatic carbocycles. The monoisotopic (exact) mass is 532 g/mol. The summed E-state index contributed by atoms with van der Waals surface area (Å²) in [4.78, 5) is 17.9. The topological polar surface area (TPSA) is 36.1 Å². The minimum atomic E-state index is -4.50. The number of rotatable bonds is 7. The number of carbonyl (C=O) groups is 1. The second-order valence-electron chi connectivity index (χ2n) is 9.29. The number of fused-ring (bicyclic) bond motifs is 1. The Morgan fingerprint density at radius 2 is 1.81 bits per heavy atom. The SMILES string of the molecule is O=C(c1c(F)c(Cl)cc2cc[nH]c12)N(CCc1cccc(C(F)(F)F)c1)Cc1ccc(C2CC2)c(F)c1. The highest BCUT2D eigenvalue weighted by atomic mass is 35.5. The number of aromatic nitrogens is 1. The number of hydrogen-bond acceptors (Lipinski definition) is 1. The number of aromatic amines is 1. The Hall–Kier alpha value is -3.39. The Labute approximate surface area is 214 Å². The summed E-state index contributed by atoms with van der Waals surface area (Å²) in [7, 11) is 0. The fourth-order valence-corrected chi connectivity index (χ4v) is 4.75. The molecule has 1 amide bonds. The normalized spacial score (nSPS) is 13.8. The number of nitrogens with one attached hydrogen (secondary N) is 1. The number of amides is 1. The lowest BCUT2D eigenvalue weighted by atomic mass is 10.0. The highest BCUT2D eigenvalue weighted by Crippen LogP contribution is 2.41. The summed E-state index contributed by atoms with van der Waals surface area (Å²) in [6.07, 6.45) is -1.02. The standard InChI is InChI=1S/C28H22ClF5N2O/c29-22-14-19-8-10-35-26(19)24(25(22)31)27(37)36(11-9-16-2-1-3-20(12-16)28(32,33)34)15-17-4-7-21(18-5-6-18)23(30)13-17/h1-4,7-8,10,12-14,18,35H,5-6,9,11,15H2. The first-order valence-corrected chi connectivity index (χ1v) is 12.2.